The largest absolute Gasteiger partial charge is 0.465 e. The number of hydrogen-bond donors (Lipinski definition) is 0. The smallest absolute Gasteiger partial charge is 0.325 e. The Morgan fingerprint density at radius 3 is 2.48 bits per heavy atom. The fourth-order valence-electron chi connectivity index (χ4n) is 3.13. The molecular weight excluding hydrogens is 342 g/mol. The Labute approximate surface area is 140 Å². The molecule has 8 heteroatoms. The standard InChI is InChI=1S/C15H20ClNO5S/c1-5-22-12(19)8-17-9(2)14(23(16,20)21)13-10(17)6-15(3,4)7-11(13)18/h5-8H2,1-4H3. The first-order valence-electron chi connectivity index (χ1n) is 7.33. The highest BCUT2D eigenvalue weighted by molar-refractivity contribution is 8.13. The minimum atomic E-state index is -4.09. The summed E-state index contributed by atoms with van der Waals surface area (Å²) in [4.78, 5) is 24.2. The normalized spacial score (nSPS) is 17.0. The summed E-state index contributed by atoms with van der Waals surface area (Å²) in [6.07, 6.45) is 0.725. The van der Waals surface area contributed by atoms with Gasteiger partial charge in [-0.1, -0.05) is 13.8 Å². The van der Waals surface area contributed by atoms with Crippen LogP contribution in [0.25, 0.3) is 0 Å². The van der Waals surface area contributed by atoms with Crippen LogP contribution in [0, 0.1) is 12.3 Å². The molecule has 1 aliphatic carbocycles. The number of carbonyl (C=O) groups excluding carboxylic acids is 2. The number of aromatic nitrogens is 1. The Balaban J connectivity index is 2.69. The van der Waals surface area contributed by atoms with Crippen LogP contribution in [0.5, 0.6) is 0 Å². The van der Waals surface area contributed by atoms with Crippen molar-refractivity contribution in [1.29, 1.82) is 0 Å². The second kappa shape index (κ2) is 5.94. The van der Waals surface area contributed by atoms with Gasteiger partial charge in [0.15, 0.2) is 5.78 Å². The molecule has 2 rings (SSSR count). The van der Waals surface area contributed by atoms with Gasteiger partial charge in [0.1, 0.15) is 11.4 Å². The summed E-state index contributed by atoms with van der Waals surface area (Å²) in [5.41, 5.74) is 0.649. The molecule has 0 unspecified atom stereocenters. The van der Waals surface area contributed by atoms with Gasteiger partial charge in [-0.15, -0.1) is 0 Å². The van der Waals surface area contributed by atoms with E-state index >= 15 is 0 Å². The molecule has 23 heavy (non-hydrogen) atoms. The maximum absolute atomic E-state index is 12.5. The summed E-state index contributed by atoms with van der Waals surface area (Å²) in [5, 5.41) is 0. The van der Waals surface area contributed by atoms with Gasteiger partial charge in [-0.2, -0.15) is 0 Å². The molecule has 0 bridgehead atoms. The molecule has 0 atom stereocenters. The Hall–Kier alpha value is -1.34. The van der Waals surface area contributed by atoms with Gasteiger partial charge in [0.25, 0.3) is 9.05 Å². The van der Waals surface area contributed by atoms with E-state index in [1.54, 1.807) is 18.4 Å². The molecule has 6 nitrogen and oxygen atoms in total. The van der Waals surface area contributed by atoms with Crippen molar-refractivity contribution in [2.75, 3.05) is 6.61 Å². The van der Waals surface area contributed by atoms with Crippen LogP contribution in [0.4, 0.5) is 0 Å². The van der Waals surface area contributed by atoms with E-state index in [1.807, 2.05) is 13.8 Å². The van der Waals surface area contributed by atoms with Crippen LogP contribution in [-0.2, 0) is 31.5 Å². The van der Waals surface area contributed by atoms with E-state index in [9.17, 15) is 18.0 Å². The van der Waals surface area contributed by atoms with Crippen molar-refractivity contribution in [2.45, 2.75) is 52.0 Å². The topological polar surface area (TPSA) is 82.4 Å². The Morgan fingerprint density at radius 1 is 1.35 bits per heavy atom. The maximum Gasteiger partial charge on any atom is 0.325 e. The molecule has 0 aromatic carbocycles. The monoisotopic (exact) mass is 361 g/mol. The molecule has 1 aliphatic rings. The lowest BCUT2D eigenvalue weighted by Crippen LogP contribution is -2.29. The van der Waals surface area contributed by atoms with Crippen LogP contribution < -0.4 is 0 Å². The lowest BCUT2D eigenvalue weighted by atomic mass is 9.76. The van der Waals surface area contributed by atoms with Crippen molar-refractivity contribution < 1.29 is 22.7 Å². The third-order valence-electron chi connectivity index (χ3n) is 3.98. The Morgan fingerprint density at radius 2 is 1.96 bits per heavy atom. The molecule has 0 radical (unpaired) electrons. The third-order valence-corrected chi connectivity index (χ3v) is 5.43. The summed E-state index contributed by atoms with van der Waals surface area (Å²) in [5.74, 6) is -0.746. The maximum atomic E-state index is 12.5. The first-order valence-corrected chi connectivity index (χ1v) is 9.64. The Bertz CT molecular complexity index is 776. The first-order chi connectivity index (χ1) is 10.5. The van der Waals surface area contributed by atoms with Crippen LogP contribution in [0.1, 0.15) is 48.9 Å². The van der Waals surface area contributed by atoms with Crippen molar-refractivity contribution in [3.8, 4) is 0 Å². The molecule has 0 N–H and O–H groups in total. The van der Waals surface area contributed by atoms with Gasteiger partial charge in [0, 0.05) is 28.5 Å². The van der Waals surface area contributed by atoms with Gasteiger partial charge in [0.2, 0.25) is 0 Å². The molecule has 128 valence electrons. The van der Waals surface area contributed by atoms with Crippen molar-refractivity contribution in [3.05, 3.63) is 17.0 Å². The van der Waals surface area contributed by atoms with E-state index in [2.05, 4.69) is 0 Å². The summed E-state index contributed by atoms with van der Waals surface area (Å²) >= 11 is 0. The minimum Gasteiger partial charge on any atom is -0.465 e. The number of rotatable bonds is 4. The fourth-order valence-corrected chi connectivity index (χ4v) is 4.64. The molecule has 0 saturated carbocycles. The lowest BCUT2D eigenvalue weighted by molar-refractivity contribution is -0.143. The number of esters is 1. The van der Waals surface area contributed by atoms with Crippen LogP contribution in [0.15, 0.2) is 4.90 Å². The number of ketones is 1. The van der Waals surface area contributed by atoms with Crippen LogP contribution in [0.3, 0.4) is 0 Å². The highest BCUT2D eigenvalue weighted by atomic mass is 35.7. The highest BCUT2D eigenvalue weighted by Crippen LogP contribution is 2.41. The van der Waals surface area contributed by atoms with E-state index in [1.165, 1.54) is 0 Å². The molecule has 0 amide bonds. The summed E-state index contributed by atoms with van der Waals surface area (Å²) in [7, 11) is 1.44. The van der Waals surface area contributed by atoms with Crippen molar-refractivity contribution in [3.63, 3.8) is 0 Å². The summed E-state index contributed by atoms with van der Waals surface area (Å²) < 4.78 is 30.4. The number of Topliss-reactive ketones (excluding diaryl/α,β-unsaturated/α-hetero) is 1. The fraction of sp³-hybridized carbons (Fsp3) is 0.600. The van der Waals surface area contributed by atoms with E-state index in [4.69, 9.17) is 15.4 Å². The summed E-state index contributed by atoms with van der Waals surface area (Å²) in [6, 6.07) is 0. The molecule has 0 saturated heterocycles. The number of carbonyl (C=O) groups is 2. The molecule has 1 aromatic heterocycles. The van der Waals surface area contributed by atoms with Crippen LogP contribution in [0.2, 0.25) is 0 Å². The summed E-state index contributed by atoms with van der Waals surface area (Å²) in [6.45, 7) is 7.19. The lowest BCUT2D eigenvalue weighted by Gasteiger charge is -2.29. The third kappa shape index (κ3) is 3.45. The van der Waals surface area contributed by atoms with E-state index in [-0.39, 0.29) is 41.2 Å². The van der Waals surface area contributed by atoms with Crippen molar-refractivity contribution in [1.82, 2.24) is 4.57 Å². The van der Waals surface area contributed by atoms with Gasteiger partial charge >= 0.3 is 5.97 Å². The van der Waals surface area contributed by atoms with E-state index < -0.39 is 15.0 Å². The van der Waals surface area contributed by atoms with Gasteiger partial charge < -0.3 is 9.30 Å². The second-order valence-electron chi connectivity index (χ2n) is 6.51. The molecule has 1 heterocycles. The predicted octanol–water partition coefficient (Wildman–Crippen LogP) is 2.44. The SMILES string of the molecule is CCOC(=O)Cn1c(C)c(S(=O)(=O)Cl)c2c1CC(C)(C)CC2=O. The highest BCUT2D eigenvalue weighted by Gasteiger charge is 2.40. The van der Waals surface area contributed by atoms with Gasteiger partial charge in [-0.05, 0) is 25.7 Å². The van der Waals surface area contributed by atoms with Crippen molar-refractivity contribution >= 4 is 31.5 Å². The number of halogens is 1. The quantitative estimate of drug-likeness (QED) is 0.607. The average molecular weight is 362 g/mol. The average Bonchev–Trinajstić information content (AvgIpc) is 2.62. The zero-order chi connectivity index (χ0) is 17.6. The van der Waals surface area contributed by atoms with Gasteiger partial charge in [-0.3, -0.25) is 9.59 Å². The van der Waals surface area contributed by atoms with Gasteiger partial charge in [0.05, 0.1) is 12.2 Å². The van der Waals surface area contributed by atoms with Crippen LogP contribution >= 0.6 is 10.7 Å². The molecule has 0 aliphatic heterocycles. The number of fused-ring (bicyclic) bond motifs is 1. The predicted molar refractivity (Wildman–Crippen MR) is 85.3 cm³/mol. The zero-order valence-corrected chi connectivity index (χ0v) is 15.2. The molecular formula is C15H20ClNO5S. The number of nitrogens with zero attached hydrogens (tertiary/aromatic N) is 1. The first kappa shape index (κ1) is 18.0. The minimum absolute atomic E-state index is 0.126. The van der Waals surface area contributed by atoms with E-state index in [0.29, 0.717) is 17.8 Å². The van der Waals surface area contributed by atoms with E-state index in [0.717, 1.165) is 0 Å². The molecule has 0 spiro atoms. The van der Waals surface area contributed by atoms with Gasteiger partial charge in [-0.25, -0.2) is 8.42 Å². The van der Waals surface area contributed by atoms with Crippen molar-refractivity contribution in [2.24, 2.45) is 5.41 Å². The zero-order valence-electron chi connectivity index (χ0n) is 13.6. The molecule has 1 aromatic rings. The Kier molecular flexibility index (Phi) is 4.65. The molecule has 0 fully saturated rings. The number of ether oxygens (including phenoxy) is 1. The van der Waals surface area contributed by atoms with Crippen LogP contribution in [-0.4, -0.2) is 31.3 Å². The second-order valence-corrected chi connectivity index (χ2v) is 9.01. The number of hydrogen-bond acceptors (Lipinski definition) is 5.